The molecule has 1 heterocycles. The van der Waals surface area contributed by atoms with E-state index in [-0.39, 0.29) is 24.1 Å². The SMILES string of the molecule is COC(=O)C1N(Cc2ccc([N+](=O)[O-])cc2)CC(=O)N(Cc2ccc(Cl)cc2)C12CC2. The van der Waals surface area contributed by atoms with E-state index >= 15 is 0 Å². The van der Waals surface area contributed by atoms with E-state index in [0.717, 1.165) is 11.1 Å². The molecule has 1 atom stereocenters. The molecule has 0 radical (unpaired) electrons. The second-order valence-electron chi connectivity index (χ2n) is 7.96. The Morgan fingerprint density at radius 3 is 2.26 bits per heavy atom. The fourth-order valence-corrected chi connectivity index (χ4v) is 4.49. The summed E-state index contributed by atoms with van der Waals surface area (Å²) in [6.07, 6.45) is 1.42. The van der Waals surface area contributed by atoms with E-state index in [2.05, 4.69) is 0 Å². The van der Waals surface area contributed by atoms with Gasteiger partial charge in [-0.15, -0.1) is 0 Å². The van der Waals surface area contributed by atoms with Gasteiger partial charge in [0.25, 0.3) is 5.69 Å². The average molecular weight is 444 g/mol. The highest BCUT2D eigenvalue weighted by Crippen LogP contribution is 2.50. The first kappa shape index (κ1) is 21.3. The van der Waals surface area contributed by atoms with Gasteiger partial charge in [0.05, 0.1) is 24.1 Å². The second kappa shape index (κ2) is 8.28. The minimum Gasteiger partial charge on any atom is -0.468 e. The number of esters is 1. The highest BCUT2D eigenvalue weighted by Gasteiger charge is 2.63. The molecular formula is C22H22ClN3O5. The van der Waals surface area contributed by atoms with Gasteiger partial charge in [0.1, 0.15) is 6.04 Å². The lowest BCUT2D eigenvalue weighted by Gasteiger charge is -2.46. The Hall–Kier alpha value is -2.97. The molecule has 2 aromatic rings. The van der Waals surface area contributed by atoms with E-state index in [0.29, 0.717) is 31.0 Å². The summed E-state index contributed by atoms with van der Waals surface area (Å²) in [6.45, 7) is 0.779. The standard InChI is InChI=1S/C22H22ClN3O5/c1-31-21(28)20-22(10-11-22)25(13-16-2-6-17(23)7-3-16)19(27)14-24(20)12-15-4-8-18(9-5-15)26(29)30/h2-9,20H,10-14H2,1H3. The molecule has 4 rings (SSSR count). The number of piperazine rings is 1. The molecule has 31 heavy (non-hydrogen) atoms. The summed E-state index contributed by atoms with van der Waals surface area (Å²) in [5.41, 5.74) is 1.12. The van der Waals surface area contributed by atoms with Gasteiger partial charge in [-0.05, 0) is 36.1 Å². The summed E-state index contributed by atoms with van der Waals surface area (Å²) in [5.74, 6) is -0.442. The molecule has 8 nitrogen and oxygen atoms in total. The van der Waals surface area contributed by atoms with Crippen molar-refractivity contribution in [1.29, 1.82) is 0 Å². The van der Waals surface area contributed by atoms with Gasteiger partial charge < -0.3 is 9.64 Å². The zero-order valence-electron chi connectivity index (χ0n) is 17.0. The van der Waals surface area contributed by atoms with Crippen LogP contribution in [0.3, 0.4) is 0 Å². The predicted octanol–water partition coefficient (Wildman–Crippen LogP) is 3.17. The molecule has 2 aromatic carbocycles. The minimum atomic E-state index is -0.608. The number of benzene rings is 2. The number of carbonyl (C=O) groups is 2. The maximum Gasteiger partial charge on any atom is 0.325 e. The van der Waals surface area contributed by atoms with Crippen molar-refractivity contribution < 1.29 is 19.2 Å². The smallest absolute Gasteiger partial charge is 0.325 e. The molecule has 1 saturated heterocycles. The zero-order valence-corrected chi connectivity index (χ0v) is 17.7. The number of methoxy groups -OCH3 is 1. The number of hydrogen-bond donors (Lipinski definition) is 0. The van der Waals surface area contributed by atoms with E-state index in [1.807, 2.05) is 17.0 Å². The van der Waals surface area contributed by atoms with Crippen molar-refractivity contribution in [1.82, 2.24) is 9.80 Å². The third-order valence-corrected chi connectivity index (χ3v) is 6.28. The van der Waals surface area contributed by atoms with Crippen LogP contribution in [0.4, 0.5) is 5.69 Å². The van der Waals surface area contributed by atoms with Crippen molar-refractivity contribution in [3.05, 3.63) is 74.8 Å². The van der Waals surface area contributed by atoms with Gasteiger partial charge in [0, 0.05) is 30.2 Å². The number of carbonyl (C=O) groups excluding carboxylic acids is 2. The molecule has 162 valence electrons. The molecule has 2 aliphatic rings. The maximum atomic E-state index is 13.1. The lowest BCUT2D eigenvalue weighted by molar-refractivity contribution is -0.384. The fourth-order valence-electron chi connectivity index (χ4n) is 4.36. The molecule has 0 N–H and O–H groups in total. The normalized spacial score (nSPS) is 20.0. The van der Waals surface area contributed by atoms with Gasteiger partial charge in [0.2, 0.25) is 5.91 Å². The number of nitro groups is 1. The third kappa shape index (κ3) is 4.13. The molecule has 1 aliphatic carbocycles. The van der Waals surface area contributed by atoms with Crippen molar-refractivity contribution in [2.45, 2.75) is 37.5 Å². The summed E-state index contributed by atoms with van der Waals surface area (Å²) >= 11 is 5.97. The van der Waals surface area contributed by atoms with Crippen LogP contribution in [0.2, 0.25) is 5.02 Å². The van der Waals surface area contributed by atoms with Crippen LogP contribution in [0.25, 0.3) is 0 Å². The summed E-state index contributed by atoms with van der Waals surface area (Å²) in [4.78, 5) is 40.0. The van der Waals surface area contributed by atoms with Gasteiger partial charge >= 0.3 is 5.97 Å². The molecule has 9 heteroatoms. The Morgan fingerprint density at radius 1 is 1.13 bits per heavy atom. The van der Waals surface area contributed by atoms with Crippen molar-refractivity contribution in [3.8, 4) is 0 Å². The number of amides is 1. The lowest BCUT2D eigenvalue weighted by atomic mass is 9.96. The highest BCUT2D eigenvalue weighted by molar-refractivity contribution is 6.30. The number of halogens is 1. The summed E-state index contributed by atoms with van der Waals surface area (Å²) in [7, 11) is 1.35. The predicted molar refractivity (Wildman–Crippen MR) is 113 cm³/mol. The molecule has 1 saturated carbocycles. The van der Waals surface area contributed by atoms with E-state index in [4.69, 9.17) is 16.3 Å². The summed E-state index contributed by atoms with van der Waals surface area (Å²) in [5, 5.41) is 11.5. The van der Waals surface area contributed by atoms with Gasteiger partial charge in [-0.25, -0.2) is 0 Å². The van der Waals surface area contributed by atoms with E-state index in [9.17, 15) is 19.7 Å². The molecule has 0 aromatic heterocycles. The highest BCUT2D eigenvalue weighted by atomic mass is 35.5. The Labute approximate surface area is 184 Å². The van der Waals surface area contributed by atoms with Crippen LogP contribution in [0.5, 0.6) is 0 Å². The number of nitrogens with zero attached hydrogens (tertiary/aromatic N) is 3. The molecule has 1 spiro atoms. The lowest BCUT2D eigenvalue weighted by Crippen LogP contribution is -2.66. The van der Waals surface area contributed by atoms with E-state index in [1.54, 1.807) is 29.2 Å². The second-order valence-corrected chi connectivity index (χ2v) is 8.40. The van der Waals surface area contributed by atoms with Gasteiger partial charge in [-0.2, -0.15) is 0 Å². The van der Waals surface area contributed by atoms with E-state index < -0.39 is 16.5 Å². The minimum absolute atomic E-state index is 0.00390. The topological polar surface area (TPSA) is 93.0 Å². The number of hydrogen-bond acceptors (Lipinski definition) is 6. The average Bonchev–Trinajstić information content (AvgIpc) is 3.53. The van der Waals surface area contributed by atoms with Crippen molar-refractivity contribution in [2.75, 3.05) is 13.7 Å². The first-order chi connectivity index (χ1) is 14.8. The van der Waals surface area contributed by atoms with Crippen LogP contribution in [0.15, 0.2) is 48.5 Å². The van der Waals surface area contributed by atoms with Crippen molar-refractivity contribution >= 4 is 29.2 Å². The summed E-state index contributed by atoms with van der Waals surface area (Å²) in [6, 6.07) is 12.9. The number of nitro benzene ring substituents is 1. The maximum absolute atomic E-state index is 13.1. The number of non-ortho nitro benzene ring substituents is 1. The monoisotopic (exact) mass is 443 g/mol. The Balaban J connectivity index is 1.60. The van der Waals surface area contributed by atoms with Gasteiger partial charge in [-0.3, -0.25) is 24.6 Å². The van der Waals surface area contributed by atoms with Crippen LogP contribution >= 0.6 is 11.6 Å². The molecule has 0 bridgehead atoms. The quantitative estimate of drug-likeness (QED) is 0.387. The van der Waals surface area contributed by atoms with Gasteiger partial charge in [-0.1, -0.05) is 35.9 Å². The first-order valence-corrected chi connectivity index (χ1v) is 10.3. The Bertz CT molecular complexity index is 1000. The summed E-state index contributed by atoms with van der Waals surface area (Å²) < 4.78 is 5.11. The third-order valence-electron chi connectivity index (χ3n) is 6.02. The molecule has 1 amide bonds. The van der Waals surface area contributed by atoms with Crippen LogP contribution in [0, 0.1) is 10.1 Å². The molecular weight excluding hydrogens is 422 g/mol. The van der Waals surface area contributed by atoms with Crippen LogP contribution < -0.4 is 0 Å². The van der Waals surface area contributed by atoms with Crippen LogP contribution in [-0.2, 0) is 27.4 Å². The van der Waals surface area contributed by atoms with Crippen LogP contribution in [0.1, 0.15) is 24.0 Å². The Kier molecular flexibility index (Phi) is 5.68. The van der Waals surface area contributed by atoms with Gasteiger partial charge in [0.15, 0.2) is 0 Å². The molecule has 2 fully saturated rings. The molecule has 1 aliphatic heterocycles. The molecule has 1 unspecified atom stereocenters. The first-order valence-electron chi connectivity index (χ1n) is 9.94. The zero-order chi connectivity index (χ0) is 22.2. The fraction of sp³-hybridized carbons (Fsp3) is 0.364. The van der Waals surface area contributed by atoms with E-state index in [1.165, 1.54) is 19.2 Å². The Morgan fingerprint density at radius 2 is 1.71 bits per heavy atom. The van der Waals surface area contributed by atoms with Crippen LogP contribution in [-0.4, -0.2) is 51.8 Å². The number of ether oxygens (including phenoxy) is 1. The number of rotatable bonds is 6. The van der Waals surface area contributed by atoms with Crippen molar-refractivity contribution in [3.63, 3.8) is 0 Å². The largest absolute Gasteiger partial charge is 0.468 e. The van der Waals surface area contributed by atoms with Crippen molar-refractivity contribution in [2.24, 2.45) is 0 Å².